The van der Waals surface area contributed by atoms with Crippen molar-refractivity contribution in [3.8, 4) is 11.3 Å². The molecule has 1 aromatic heterocycles. The van der Waals surface area contributed by atoms with Gasteiger partial charge in [0.15, 0.2) is 10.9 Å². The minimum Gasteiger partial charge on any atom is -0.322 e. The molecule has 0 amide bonds. The number of rotatable bonds is 5. The Morgan fingerprint density at radius 3 is 2.56 bits per heavy atom. The molecule has 0 N–H and O–H groups in total. The molecule has 25 heavy (non-hydrogen) atoms. The number of carbonyl (C=O) groups excluding carboxylic acids is 1. The molecule has 0 saturated carbocycles. The highest BCUT2D eigenvalue weighted by Gasteiger charge is 2.19. The van der Waals surface area contributed by atoms with Crippen molar-refractivity contribution in [3.63, 3.8) is 0 Å². The molecule has 6 nitrogen and oxygen atoms in total. The van der Waals surface area contributed by atoms with Crippen LogP contribution in [0.25, 0.3) is 11.3 Å². The fourth-order valence-corrected chi connectivity index (χ4v) is 3.34. The lowest BCUT2D eigenvalue weighted by molar-refractivity contribution is -0.387. The summed E-state index contributed by atoms with van der Waals surface area (Å²) in [5.74, 6) is -0.206. The van der Waals surface area contributed by atoms with Crippen LogP contribution in [0.2, 0.25) is 0 Å². The molecular formula is C18H15N3O3S. The largest absolute Gasteiger partial charge is 0.322 e. The smallest absolute Gasteiger partial charge is 0.284 e. The Kier molecular flexibility index (Phi) is 4.67. The normalized spacial score (nSPS) is 10.6. The number of carbonyl (C=O) groups is 1. The van der Waals surface area contributed by atoms with Crippen molar-refractivity contribution in [2.45, 2.75) is 17.0 Å². The van der Waals surface area contributed by atoms with Crippen LogP contribution in [0.4, 0.5) is 5.69 Å². The van der Waals surface area contributed by atoms with E-state index >= 15 is 0 Å². The van der Waals surface area contributed by atoms with E-state index in [0.717, 1.165) is 11.3 Å². The molecule has 1 heterocycles. The maximum absolute atomic E-state index is 11.5. The number of nitro groups is 1. The summed E-state index contributed by atoms with van der Waals surface area (Å²) in [5.41, 5.74) is 2.17. The van der Waals surface area contributed by atoms with Crippen LogP contribution >= 0.6 is 11.8 Å². The quantitative estimate of drug-likeness (QED) is 0.387. The van der Waals surface area contributed by atoms with Gasteiger partial charge in [0.25, 0.3) is 5.69 Å². The summed E-state index contributed by atoms with van der Waals surface area (Å²) in [6.45, 7) is 1.39. The van der Waals surface area contributed by atoms with Crippen LogP contribution in [-0.2, 0) is 7.05 Å². The zero-order chi connectivity index (χ0) is 18.0. The summed E-state index contributed by atoms with van der Waals surface area (Å²) in [4.78, 5) is 27.2. The van der Waals surface area contributed by atoms with Crippen molar-refractivity contribution in [1.82, 2.24) is 9.55 Å². The molecule has 7 heteroatoms. The summed E-state index contributed by atoms with van der Waals surface area (Å²) < 4.78 is 1.89. The first-order valence-electron chi connectivity index (χ1n) is 7.51. The van der Waals surface area contributed by atoms with Crippen molar-refractivity contribution in [1.29, 1.82) is 0 Å². The predicted molar refractivity (Wildman–Crippen MR) is 95.9 cm³/mol. The Morgan fingerprint density at radius 2 is 1.92 bits per heavy atom. The van der Waals surface area contributed by atoms with Gasteiger partial charge in [0, 0.05) is 18.7 Å². The first kappa shape index (κ1) is 16.9. The third-order valence-electron chi connectivity index (χ3n) is 3.78. The van der Waals surface area contributed by atoms with Crippen LogP contribution in [0.1, 0.15) is 17.3 Å². The fraction of sp³-hybridized carbons (Fsp3) is 0.111. The van der Waals surface area contributed by atoms with Gasteiger partial charge in [-0.25, -0.2) is 4.98 Å². The van der Waals surface area contributed by atoms with E-state index in [4.69, 9.17) is 0 Å². The molecule has 0 unspecified atom stereocenters. The van der Waals surface area contributed by atoms with Crippen LogP contribution in [0.5, 0.6) is 0 Å². The lowest BCUT2D eigenvalue weighted by Gasteiger charge is -2.07. The van der Waals surface area contributed by atoms with Crippen molar-refractivity contribution in [3.05, 3.63) is 70.4 Å². The van der Waals surface area contributed by atoms with Crippen molar-refractivity contribution < 1.29 is 9.72 Å². The summed E-state index contributed by atoms with van der Waals surface area (Å²) in [5, 5.41) is 12.0. The molecule has 3 aromatic rings. The number of Topliss-reactive ketones (excluding diaryl/α,β-unsaturated/α-hetero) is 1. The van der Waals surface area contributed by atoms with Gasteiger partial charge < -0.3 is 4.57 Å². The Hall–Kier alpha value is -2.93. The van der Waals surface area contributed by atoms with Crippen molar-refractivity contribution in [2.75, 3.05) is 0 Å². The number of hydrogen-bond acceptors (Lipinski definition) is 5. The van der Waals surface area contributed by atoms with E-state index in [1.165, 1.54) is 24.8 Å². The second-order valence-electron chi connectivity index (χ2n) is 5.45. The monoisotopic (exact) mass is 353 g/mol. The minimum atomic E-state index is -0.476. The van der Waals surface area contributed by atoms with Gasteiger partial charge in [-0.3, -0.25) is 14.9 Å². The number of hydrogen-bond donors (Lipinski definition) is 0. The van der Waals surface area contributed by atoms with Gasteiger partial charge in [0.05, 0.1) is 21.7 Å². The molecule has 0 fully saturated rings. The van der Waals surface area contributed by atoms with Crippen LogP contribution in [0, 0.1) is 10.1 Å². The van der Waals surface area contributed by atoms with E-state index in [0.29, 0.717) is 15.6 Å². The lowest BCUT2D eigenvalue weighted by Crippen LogP contribution is -1.98. The minimum absolute atomic E-state index is 0.0954. The Morgan fingerprint density at radius 1 is 1.20 bits per heavy atom. The highest BCUT2D eigenvalue weighted by molar-refractivity contribution is 7.99. The van der Waals surface area contributed by atoms with E-state index in [1.54, 1.807) is 18.3 Å². The summed E-state index contributed by atoms with van der Waals surface area (Å²) in [6.07, 6.45) is 1.74. The summed E-state index contributed by atoms with van der Waals surface area (Å²) >= 11 is 1.20. The number of imidazole rings is 1. The molecule has 0 bridgehead atoms. The highest BCUT2D eigenvalue weighted by Crippen LogP contribution is 2.36. The number of ketones is 1. The molecule has 126 valence electrons. The van der Waals surface area contributed by atoms with E-state index < -0.39 is 4.92 Å². The molecule has 3 rings (SSSR count). The average Bonchev–Trinajstić information content (AvgIpc) is 2.96. The maximum atomic E-state index is 11.5. The molecular weight excluding hydrogens is 338 g/mol. The Balaban J connectivity index is 1.97. The van der Waals surface area contributed by atoms with Crippen LogP contribution in [-0.4, -0.2) is 20.3 Å². The zero-order valence-electron chi connectivity index (χ0n) is 13.7. The van der Waals surface area contributed by atoms with Gasteiger partial charge in [-0.1, -0.05) is 30.3 Å². The van der Waals surface area contributed by atoms with Gasteiger partial charge >= 0.3 is 0 Å². The second kappa shape index (κ2) is 6.90. The Bertz CT molecular complexity index is 951. The van der Waals surface area contributed by atoms with Gasteiger partial charge in [-0.2, -0.15) is 0 Å². The predicted octanol–water partition coefficient (Wildman–Crippen LogP) is 4.35. The van der Waals surface area contributed by atoms with Crippen LogP contribution in [0.3, 0.4) is 0 Å². The van der Waals surface area contributed by atoms with Gasteiger partial charge in [-0.05, 0) is 36.4 Å². The third-order valence-corrected chi connectivity index (χ3v) is 4.91. The standard InChI is InChI=1S/C18H15N3O3S/c1-12(22)14-8-9-17(15(10-14)21(23)24)25-18-19-11-16(20(18)2)13-6-4-3-5-7-13/h3-11H,1-2H3. The molecule has 0 atom stereocenters. The molecule has 2 aromatic carbocycles. The zero-order valence-corrected chi connectivity index (χ0v) is 14.5. The number of nitro benzene ring substituents is 1. The fourth-order valence-electron chi connectivity index (χ4n) is 2.43. The van der Waals surface area contributed by atoms with Gasteiger partial charge in [0.2, 0.25) is 0 Å². The molecule has 0 saturated heterocycles. The van der Waals surface area contributed by atoms with E-state index in [2.05, 4.69) is 4.98 Å². The van der Waals surface area contributed by atoms with E-state index in [-0.39, 0.29) is 11.5 Å². The molecule has 0 spiro atoms. The second-order valence-corrected chi connectivity index (χ2v) is 6.46. The van der Waals surface area contributed by atoms with Crippen LogP contribution < -0.4 is 0 Å². The maximum Gasteiger partial charge on any atom is 0.284 e. The summed E-state index contributed by atoms with van der Waals surface area (Å²) in [7, 11) is 1.87. The Labute approximate surface area is 148 Å². The lowest BCUT2D eigenvalue weighted by atomic mass is 10.1. The number of aromatic nitrogens is 2. The molecule has 0 aliphatic carbocycles. The molecule has 0 radical (unpaired) electrons. The summed E-state index contributed by atoms with van der Waals surface area (Å²) in [6, 6.07) is 14.3. The van der Waals surface area contributed by atoms with E-state index in [9.17, 15) is 14.9 Å². The van der Waals surface area contributed by atoms with Crippen molar-refractivity contribution in [2.24, 2.45) is 7.05 Å². The first-order chi connectivity index (χ1) is 12.0. The first-order valence-corrected chi connectivity index (χ1v) is 8.33. The number of nitrogens with zero attached hydrogens (tertiary/aromatic N) is 3. The highest BCUT2D eigenvalue weighted by atomic mass is 32.2. The van der Waals surface area contributed by atoms with E-state index in [1.807, 2.05) is 41.9 Å². The van der Waals surface area contributed by atoms with Crippen LogP contribution in [0.15, 0.2) is 64.8 Å². The van der Waals surface area contributed by atoms with Gasteiger partial charge in [-0.15, -0.1) is 0 Å². The third kappa shape index (κ3) is 3.46. The SMILES string of the molecule is CC(=O)c1ccc(Sc2ncc(-c3ccccc3)n2C)c([N+](=O)[O-])c1. The van der Waals surface area contributed by atoms with Gasteiger partial charge in [0.1, 0.15) is 0 Å². The number of benzene rings is 2. The topological polar surface area (TPSA) is 78.0 Å². The molecule has 0 aliphatic heterocycles. The van der Waals surface area contributed by atoms with Crippen molar-refractivity contribution >= 4 is 23.2 Å². The molecule has 0 aliphatic rings. The average molecular weight is 353 g/mol.